The monoisotopic (exact) mass is 828 g/mol. The van der Waals surface area contributed by atoms with E-state index in [1.807, 2.05) is 43.4 Å². The van der Waals surface area contributed by atoms with E-state index in [9.17, 15) is 36.2 Å². The standard InChI is InChI=1S/C20H21F3O2S2.C11H13FS2.C9H8F2O2/c1-12-8-15(11-16(21)9-12)20(26-6-3-7-27-20)18(24)14-4-5-17(13(2)10-14)25-19(22)23;1-8-5-9(7-10(12)6-8)11-13-3-2-4-14-11;1-6-4-7(5-12)2-3-8(6)13-9(10)11/h4-5,8-11,18-19,24H,3,6-7H2,1-2H3;5-7,11H,2-4H2,1H3;2-5,9H,1H3. The molecule has 0 radical (unpaired) electrons. The Morgan fingerprint density at radius 2 is 1.24 bits per heavy atom. The van der Waals surface area contributed by atoms with E-state index in [4.69, 9.17) is 0 Å². The maximum Gasteiger partial charge on any atom is 0.387 e. The normalized spacial score (nSPS) is 16.1. The summed E-state index contributed by atoms with van der Waals surface area (Å²) in [4.78, 5) is 10.3. The molecule has 2 heterocycles. The first-order valence-electron chi connectivity index (χ1n) is 17.0. The highest BCUT2D eigenvalue weighted by Gasteiger charge is 2.44. The van der Waals surface area contributed by atoms with Crippen molar-refractivity contribution in [2.45, 2.75) is 68.5 Å². The van der Waals surface area contributed by atoms with Crippen LogP contribution in [0.5, 0.6) is 11.5 Å². The van der Waals surface area contributed by atoms with Crippen molar-refractivity contribution in [2.24, 2.45) is 0 Å². The average molecular weight is 829 g/mol. The van der Waals surface area contributed by atoms with Gasteiger partial charge in [0, 0.05) is 5.56 Å². The van der Waals surface area contributed by atoms with Crippen LogP contribution in [0, 0.1) is 39.3 Å². The molecule has 4 nitrogen and oxygen atoms in total. The van der Waals surface area contributed by atoms with Gasteiger partial charge in [-0.2, -0.15) is 17.6 Å². The molecule has 14 heteroatoms. The first-order chi connectivity index (χ1) is 25.7. The van der Waals surface area contributed by atoms with Crippen molar-refractivity contribution in [3.8, 4) is 11.5 Å². The molecule has 4 aromatic rings. The number of rotatable bonds is 9. The zero-order chi connectivity index (χ0) is 39.4. The van der Waals surface area contributed by atoms with Gasteiger partial charge in [-0.05, 0) is 157 Å². The van der Waals surface area contributed by atoms with Gasteiger partial charge in [0.05, 0.1) is 4.58 Å². The van der Waals surface area contributed by atoms with Gasteiger partial charge < -0.3 is 14.6 Å². The summed E-state index contributed by atoms with van der Waals surface area (Å²) in [5, 5.41) is 11.3. The van der Waals surface area contributed by atoms with E-state index in [0.29, 0.717) is 33.1 Å². The number of aliphatic hydroxyl groups excluding tert-OH is 1. The zero-order valence-electron chi connectivity index (χ0n) is 30.1. The largest absolute Gasteiger partial charge is 0.435 e. The lowest BCUT2D eigenvalue weighted by atomic mass is 9.97. The number of aliphatic hydroxyl groups is 1. The fourth-order valence-corrected chi connectivity index (χ4v) is 12.0. The summed E-state index contributed by atoms with van der Waals surface area (Å²) >= 11 is 7.06. The van der Waals surface area contributed by atoms with Gasteiger partial charge in [0.1, 0.15) is 39.6 Å². The van der Waals surface area contributed by atoms with Crippen LogP contribution in [-0.4, -0.2) is 47.6 Å². The van der Waals surface area contributed by atoms with Crippen LogP contribution in [0.4, 0.5) is 26.3 Å². The van der Waals surface area contributed by atoms with Crippen molar-refractivity contribution in [2.75, 3.05) is 23.0 Å². The van der Waals surface area contributed by atoms with E-state index in [1.54, 1.807) is 61.6 Å². The molecule has 0 spiro atoms. The van der Waals surface area contributed by atoms with E-state index in [1.165, 1.54) is 54.3 Å². The SMILES string of the molecule is Cc1cc(C=O)ccc1OC(F)F.Cc1cc(F)cc(C2(C(O)c3ccc(OC(F)F)c(C)c3)SCCCS2)c1.Cc1cc(F)cc(C2SCCCS2)c1. The van der Waals surface area contributed by atoms with Crippen molar-refractivity contribution in [3.05, 3.63) is 129 Å². The second-order valence-electron chi connectivity index (χ2n) is 12.6. The number of ether oxygens (including phenoxy) is 2. The van der Waals surface area contributed by atoms with Crippen molar-refractivity contribution in [3.63, 3.8) is 0 Å². The van der Waals surface area contributed by atoms with Gasteiger partial charge in [-0.3, -0.25) is 4.79 Å². The van der Waals surface area contributed by atoms with Gasteiger partial charge in [-0.1, -0.05) is 18.2 Å². The van der Waals surface area contributed by atoms with Gasteiger partial charge >= 0.3 is 13.2 Å². The molecular formula is C40H42F6O4S4. The predicted molar refractivity (Wildman–Crippen MR) is 212 cm³/mol. The minimum atomic E-state index is -2.90. The molecule has 0 saturated carbocycles. The number of benzene rings is 4. The Bertz CT molecular complexity index is 1790. The Balaban J connectivity index is 0.000000201. The number of aldehydes is 1. The van der Waals surface area contributed by atoms with Crippen LogP contribution in [0.25, 0.3) is 0 Å². The first-order valence-corrected chi connectivity index (χ1v) is 21.1. The molecule has 1 atom stereocenters. The summed E-state index contributed by atoms with van der Waals surface area (Å²) < 4.78 is 84.2. The number of carbonyl (C=O) groups is 1. The lowest BCUT2D eigenvalue weighted by Gasteiger charge is -2.40. The van der Waals surface area contributed by atoms with Crippen LogP contribution in [0.1, 0.15) is 72.8 Å². The summed E-state index contributed by atoms with van der Waals surface area (Å²) in [6.07, 6.45) is 2.02. The smallest absolute Gasteiger partial charge is 0.387 e. The van der Waals surface area contributed by atoms with Crippen LogP contribution in [0.3, 0.4) is 0 Å². The Morgan fingerprint density at radius 1 is 0.704 bits per heavy atom. The zero-order valence-corrected chi connectivity index (χ0v) is 33.4. The summed E-state index contributed by atoms with van der Waals surface area (Å²) in [5.41, 5.74) is 5.75. The molecule has 1 unspecified atom stereocenters. The topological polar surface area (TPSA) is 55.8 Å². The van der Waals surface area contributed by atoms with Crippen molar-refractivity contribution >= 4 is 53.3 Å². The minimum absolute atomic E-state index is 0.0838. The number of aryl methyl sites for hydroxylation is 4. The third-order valence-electron chi connectivity index (χ3n) is 8.17. The number of thioether (sulfide) groups is 4. The third kappa shape index (κ3) is 12.6. The predicted octanol–water partition coefficient (Wildman–Crippen LogP) is 12.2. The highest BCUT2D eigenvalue weighted by Crippen LogP contribution is 2.58. The van der Waals surface area contributed by atoms with E-state index in [0.717, 1.165) is 40.2 Å². The number of hydrogen-bond donors (Lipinski definition) is 1. The van der Waals surface area contributed by atoms with E-state index >= 15 is 0 Å². The highest BCUT2D eigenvalue weighted by atomic mass is 32.2. The Hall–Kier alpha value is -2.91. The fourth-order valence-electron chi connectivity index (χ4n) is 5.81. The molecule has 0 aliphatic carbocycles. The summed E-state index contributed by atoms with van der Waals surface area (Å²) in [7, 11) is 0. The van der Waals surface area contributed by atoms with Crippen molar-refractivity contribution < 1.29 is 45.7 Å². The van der Waals surface area contributed by atoms with Crippen LogP contribution < -0.4 is 9.47 Å². The van der Waals surface area contributed by atoms with E-state index in [2.05, 4.69) is 15.5 Å². The number of carbonyl (C=O) groups excluding carboxylic acids is 1. The molecule has 4 aromatic carbocycles. The highest BCUT2D eigenvalue weighted by molar-refractivity contribution is 8.18. The molecule has 1 N–H and O–H groups in total. The number of alkyl halides is 4. The Labute approximate surface area is 329 Å². The Morgan fingerprint density at radius 3 is 1.76 bits per heavy atom. The molecule has 2 saturated heterocycles. The Kier molecular flexibility index (Phi) is 16.9. The van der Waals surface area contributed by atoms with Crippen molar-refractivity contribution in [1.29, 1.82) is 0 Å². The van der Waals surface area contributed by atoms with Crippen LogP contribution in [0.15, 0.2) is 72.8 Å². The van der Waals surface area contributed by atoms with Crippen LogP contribution >= 0.6 is 47.0 Å². The quantitative estimate of drug-likeness (QED) is 0.132. The molecule has 2 aliphatic heterocycles. The summed E-state index contributed by atoms with van der Waals surface area (Å²) in [6, 6.07) is 19.2. The lowest BCUT2D eigenvalue weighted by molar-refractivity contribution is -0.0509. The van der Waals surface area contributed by atoms with Gasteiger partial charge in [-0.15, -0.1) is 47.0 Å². The van der Waals surface area contributed by atoms with Gasteiger partial charge in [0.25, 0.3) is 0 Å². The molecule has 0 bridgehead atoms. The fraction of sp³-hybridized carbons (Fsp3) is 0.375. The molecule has 0 aromatic heterocycles. The molecule has 2 fully saturated rings. The maximum absolute atomic E-state index is 14.1. The average Bonchev–Trinajstić information content (AvgIpc) is 3.13. The van der Waals surface area contributed by atoms with Crippen LogP contribution in [0.2, 0.25) is 0 Å². The molecule has 54 heavy (non-hydrogen) atoms. The number of hydrogen-bond acceptors (Lipinski definition) is 8. The second kappa shape index (κ2) is 20.8. The van der Waals surface area contributed by atoms with Crippen molar-refractivity contribution in [1.82, 2.24) is 0 Å². The molecule has 2 aliphatic rings. The minimum Gasteiger partial charge on any atom is -0.435 e. The maximum atomic E-state index is 14.1. The van der Waals surface area contributed by atoms with Gasteiger partial charge in [0.2, 0.25) is 0 Å². The second-order valence-corrected chi connectivity index (χ2v) is 18.2. The first kappa shape index (κ1) is 43.8. The van der Waals surface area contributed by atoms with Crippen LogP contribution in [-0.2, 0) is 4.08 Å². The van der Waals surface area contributed by atoms with E-state index < -0.39 is 23.4 Å². The number of halogens is 6. The van der Waals surface area contributed by atoms with E-state index in [-0.39, 0.29) is 23.1 Å². The third-order valence-corrected chi connectivity index (χ3v) is 14.7. The summed E-state index contributed by atoms with van der Waals surface area (Å²) in [6.45, 7) is 1.31. The molecular weight excluding hydrogens is 787 g/mol. The lowest BCUT2D eigenvalue weighted by Crippen LogP contribution is -2.31. The molecule has 6 rings (SSSR count). The molecule has 0 amide bonds. The summed E-state index contributed by atoms with van der Waals surface area (Å²) in [5.74, 6) is 3.85. The molecule has 292 valence electrons. The van der Waals surface area contributed by atoms with Gasteiger partial charge in [0.15, 0.2) is 0 Å². The van der Waals surface area contributed by atoms with Gasteiger partial charge in [-0.25, -0.2) is 8.78 Å².